The number of carbonyl (C=O) groups excluding carboxylic acids is 1. The lowest BCUT2D eigenvalue weighted by Crippen LogP contribution is -2.55. The number of anilines is 1. The number of nitrogens with zero attached hydrogens (tertiary/aromatic N) is 2. The van der Waals surface area contributed by atoms with Gasteiger partial charge in [0.05, 0.1) is 0 Å². The molecule has 0 radical (unpaired) electrons. The fourth-order valence-electron chi connectivity index (χ4n) is 6.07. The molecule has 1 N–H and O–H groups in total. The number of hydrogen-bond donors (Lipinski definition) is 1. The van der Waals surface area contributed by atoms with Crippen LogP contribution in [-0.4, -0.2) is 30.7 Å². The maximum absolute atomic E-state index is 13.2. The van der Waals surface area contributed by atoms with Crippen molar-refractivity contribution < 1.29 is 4.79 Å². The van der Waals surface area contributed by atoms with Crippen molar-refractivity contribution in [1.82, 2.24) is 10.4 Å². The zero-order valence-electron chi connectivity index (χ0n) is 20.3. The maximum atomic E-state index is 13.2. The quantitative estimate of drug-likeness (QED) is 0.402. The molecule has 34 heavy (non-hydrogen) atoms. The molecule has 1 amide bonds. The third-order valence-electron chi connectivity index (χ3n) is 7.75. The number of rotatable bonds is 8. The molecule has 0 bridgehead atoms. The van der Waals surface area contributed by atoms with Crippen LogP contribution in [0.25, 0.3) is 11.1 Å². The Kier molecular flexibility index (Phi) is 6.42. The highest BCUT2D eigenvalue weighted by atomic mass is 16.2. The summed E-state index contributed by atoms with van der Waals surface area (Å²) in [7, 11) is 2.18. The van der Waals surface area contributed by atoms with Crippen molar-refractivity contribution in [3.05, 3.63) is 90.0 Å². The standard InChI is InChI=1S/C30H35N3O/c1-3-4-5-11-20-30-21-22-33(29(30)32(2)27-15-10-9-14-26(27)30)31-28(34)25-18-16-24(17-19-25)23-12-7-6-8-13-23/h6-10,12-19,29H,3-5,11,20-22H2,1-2H3,(H,31,34)/t29-,30-/m1/s1. The van der Waals surface area contributed by atoms with Crippen molar-refractivity contribution in [3.8, 4) is 11.1 Å². The first kappa shape index (κ1) is 22.7. The fourth-order valence-corrected chi connectivity index (χ4v) is 6.07. The van der Waals surface area contributed by atoms with Crippen molar-refractivity contribution in [2.45, 2.75) is 57.0 Å². The monoisotopic (exact) mass is 453 g/mol. The molecular formula is C30H35N3O. The molecule has 0 saturated carbocycles. The van der Waals surface area contributed by atoms with E-state index in [1.807, 2.05) is 42.5 Å². The van der Waals surface area contributed by atoms with Crippen LogP contribution in [-0.2, 0) is 5.41 Å². The average Bonchev–Trinajstić information content (AvgIpc) is 3.36. The Morgan fingerprint density at radius 3 is 2.38 bits per heavy atom. The number of fused-ring (bicyclic) bond motifs is 3. The van der Waals surface area contributed by atoms with Gasteiger partial charge >= 0.3 is 0 Å². The Morgan fingerprint density at radius 1 is 0.912 bits per heavy atom. The molecule has 2 aliphatic heterocycles. The first-order valence-corrected chi connectivity index (χ1v) is 12.7. The normalized spacial score (nSPS) is 21.4. The summed E-state index contributed by atoms with van der Waals surface area (Å²) in [5.41, 5.74) is 9.06. The fraction of sp³-hybridized carbons (Fsp3) is 0.367. The van der Waals surface area contributed by atoms with Crippen molar-refractivity contribution >= 4 is 11.6 Å². The van der Waals surface area contributed by atoms with E-state index in [4.69, 9.17) is 0 Å². The molecule has 2 heterocycles. The highest BCUT2D eigenvalue weighted by molar-refractivity contribution is 5.94. The number of para-hydroxylation sites is 1. The average molecular weight is 454 g/mol. The van der Waals surface area contributed by atoms with Crippen molar-refractivity contribution in [2.24, 2.45) is 0 Å². The van der Waals surface area contributed by atoms with Gasteiger partial charge in [-0.05, 0) is 47.7 Å². The van der Waals surface area contributed by atoms with Crippen molar-refractivity contribution in [2.75, 3.05) is 18.5 Å². The summed E-state index contributed by atoms with van der Waals surface area (Å²) in [6, 6.07) is 27.0. The summed E-state index contributed by atoms with van der Waals surface area (Å²) in [6.07, 6.45) is 7.43. The largest absolute Gasteiger partial charge is 0.356 e. The molecule has 3 aromatic rings. The molecule has 0 spiro atoms. The summed E-state index contributed by atoms with van der Waals surface area (Å²) < 4.78 is 0. The van der Waals surface area contributed by atoms with E-state index in [1.54, 1.807) is 0 Å². The van der Waals surface area contributed by atoms with Crippen LogP contribution in [0.15, 0.2) is 78.9 Å². The van der Waals surface area contributed by atoms with Crippen LogP contribution in [0.2, 0.25) is 0 Å². The van der Waals surface area contributed by atoms with E-state index in [-0.39, 0.29) is 17.5 Å². The van der Waals surface area contributed by atoms with E-state index in [0.717, 1.165) is 30.5 Å². The molecule has 4 heteroatoms. The van der Waals surface area contributed by atoms with Gasteiger partial charge in [-0.2, -0.15) is 5.01 Å². The van der Waals surface area contributed by atoms with Crippen molar-refractivity contribution in [1.29, 1.82) is 0 Å². The van der Waals surface area contributed by atoms with Gasteiger partial charge in [-0.15, -0.1) is 0 Å². The SMILES string of the molecule is CCCCCC[C@]12CCN(NC(=O)c3ccc(-c4ccccc4)cc3)[C@H]1N(C)c1ccccc12. The second-order valence-corrected chi connectivity index (χ2v) is 9.80. The van der Waals surface area contributed by atoms with Gasteiger partial charge in [0.2, 0.25) is 0 Å². The van der Waals surface area contributed by atoms with Gasteiger partial charge in [0.1, 0.15) is 6.17 Å². The van der Waals surface area contributed by atoms with Crippen LogP contribution >= 0.6 is 0 Å². The maximum Gasteiger partial charge on any atom is 0.265 e. The van der Waals surface area contributed by atoms with Gasteiger partial charge in [0.25, 0.3) is 5.91 Å². The summed E-state index contributed by atoms with van der Waals surface area (Å²) >= 11 is 0. The lowest BCUT2D eigenvalue weighted by molar-refractivity contribution is 0.0733. The third-order valence-corrected chi connectivity index (χ3v) is 7.75. The van der Waals surface area contributed by atoms with E-state index in [0.29, 0.717) is 5.56 Å². The molecule has 2 atom stereocenters. The zero-order valence-corrected chi connectivity index (χ0v) is 20.3. The summed E-state index contributed by atoms with van der Waals surface area (Å²) in [4.78, 5) is 15.6. The number of likely N-dealkylation sites (N-methyl/N-ethyl adjacent to an activating group) is 1. The van der Waals surface area contributed by atoms with E-state index >= 15 is 0 Å². The minimum Gasteiger partial charge on any atom is -0.356 e. The third kappa shape index (κ3) is 4.01. The van der Waals surface area contributed by atoms with Gasteiger partial charge < -0.3 is 4.90 Å². The molecule has 176 valence electrons. The van der Waals surface area contributed by atoms with Crippen LogP contribution in [0, 0.1) is 0 Å². The van der Waals surface area contributed by atoms with Crippen LogP contribution in [0.4, 0.5) is 5.69 Å². The Hall–Kier alpha value is -3.11. The van der Waals surface area contributed by atoms with Gasteiger partial charge in [0.15, 0.2) is 0 Å². The first-order valence-electron chi connectivity index (χ1n) is 12.7. The summed E-state index contributed by atoms with van der Waals surface area (Å²) in [5, 5.41) is 2.19. The second kappa shape index (κ2) is 9.63. The number of nitrogens with one attached hydrogen (secondary N) is 1. The molecule has 1 saturated heterocycles. The number of amides is 1. The topological polar surface area (TPSA) is 35.6 Å². The predicted octanol–water partition coefficient (Wildman–Crippen LogP) is 6.39. The minimum absolute atomic E-state index is 0.0363. The number of hydrazine groups is 1. The molecule has 0 unspecified atom stereocenters. The molecule has 3 aromatic carbocycles. The zero-order chi connectivity index (χ0) is 23.5. The van der Waals surface area contributed by atoms with Gasteiger partial charge in [-0.3, -0.25) is 10.2 Å². The van der Waals surface area contributed by atoms with E-state index in [9.17, 15) is 4.79 Å². The Morgan fingerprint density at radius 2 is 1.62 bits per heavy atom. The van der Waals surface area contributed by atoms with Crippen molar-refractivity contribution in [3.63, 3.8) is 0 Å². The minimum atomic E-state index is -0.0363. The smallest absolute Gasteiger partial charge is 0.265 e. The molecular weight excluding hydrogens is 418 g/mol. The van der Waals surface area contributed by atoms with Gasteiger partial charge in [0, 0.05) is 30.3 Å². The first-order chi connectivity index (χ1) is 16.6. The van der Waals surface area contributed by atoms with E-state index in [1.165, 1.54) is 36.9 Å². The van der Waals surface area contributed by atoms with Gasteiger partial charge in [-0.1, -0.05) is 93.3 Å². The predicted molar refractivity (Wildman–Crippen MR) is 140 cm³/mol. The summed E-state index contributed by atoms with van der Waals surface area (Å²) in [5.74, 6) is -0.0363. The number of hydrogen-bond acceptors (Lipinski definition) is 3. The Bertz CT molecular complexity index is 1130. The molecule has 0 aliphatic carbocycles. The number of carbonyl (C=O) groups is 1. The van der Waals surface area contributed by atoms with Crippen LogP contribution in [0.5, 0.6) is 0 Å². The molecule has 4 nitrogen and oxygen atoms in total. The van der Waals surface area contributed by atoms with Crippen LogP contribution in [0.3, 0.4) is 0 Å². The van der Waals surface area contributed by atoms with Gasteiger partial charge in [-0.25, -0.2) is 0 Å². The highest BCUT2D eigenvalue weighted by Gasteiger charge is 2.56. The Labute approximate surface area is 203 Å². The summed E-state index contributed by atoms with van der Waals surface area (Å²) in [6.45, 7) is 3.13. The van der Waals surface area contributed by atoms with Crippen LogP contribution < -0.4 is 10.3 Å². The molecule has 1 fully saturated rings. The Balaban J connectivity index is 1.34. The van der Waals surface area contributed by atoms with Crippen LogP contribution in [0.1, 0.15) is 61.4 Å². The van der Waals surface area contributed by atoms with E-state index < -0.39 is 0 Å². The molecule has 2 aliphatic rings. The second-order valence-electron chi connectivity index (χ2n) is 9.80. The molecule has 0 aromatic heterocycles. The highest BCUT2D eigenvalue weighted by Crippen LogP contribution is 2.53. The molecule has 5 rings (SSSR count). The van der Waals surface area contributed by atoms with E-state index in [2.05, 4.69) is 65.7 Å². The number of benzene rings is 3. The lowest BCUT2D eigenvalue weighted by Gasteiger charge is -2.36. The number of unbranched alkanes of at least 4 members (excludes halogenated alkanes) is 3. The lowest BCUT2D eigenvalue weighted by atomic mass is 9.75.